The summed E-state index contributed by atoms with van der Waals surface area (Å²) >= 11 is 0. The number of ether oxygens (including phenoxy) is 1. The van der Waals surface area contributed by atoms with Gasteiger partial charge in [0, 0.05) is 18.7 Å². The molecule has 0 radical (unpaired) electrons. The maximum atomic E-state index is 12.0. The highest BCUT2D eigenvalue weighted by Crippen LogP contribution is 2.25. The summed E-state index contributed by atoms with van der Waals surface area (Å²) in [6.07, 6.45) is 3.75. The summed E-state index contributed by atoms with van der Waals surface area (Å²) in [4.78, 5) is 12.0. The van der Waals surface area contributed by atoms with E-state index in [1.807, 2.05) is 0 Å². The van der Waals surface area contributed by atoms with E-state index in [0.29, 0.717) is 12.4 Å². The minimum atomic E-state index is -3.24. The Morgan fingerprint density at radius 2 is 2.14 bits per heavy atom. The summed E-state index contributed by atoms with van der Waals surface area (Å²) in [5, 5.41) is 10.3. The van der Waals surface area contributed by atoms with Gasteiger partial charge >= 0.3 is 0 Å². The minimum Gasteiger partial charge on any atom is -0.480 e. The molecular weight excluding hydrogens is 308 g/mol. The Balaban J connectivity index is 1.89. The second-order valence-electron chi connectivity index (χ2n) is 5.36. The zero-order valence-electron chi connectivity index (χ0n) is 12.6. The molecule has 0 aliphatic heterocycles. The molecule has 1 amide bonds. The number of rotatable bonds is 6. The summed E-state index contributed by atoms with van der Waals surface area (Å²) < 4.78 is 30.2. The van der Waals surface area contributed by atoms with Gasteiger partial charge in [-0.1, -0.05) is 6.42 Å². The van der Waals surface area contributed by atoms with Gasteiger partial charge < -0.3 is 10.1 Å². The zero-order chi connectivity index (χ0) is 16.2. The van der Waals surface area contributed by atoms with Gasteiger partial charge in [-0.15, -0.1) is 10.2 Å². The lowest BCUT2D eigenvalue weighted by molar-refractivity contribution is 0.0940. The molecule has 8 nitrogen and oxygen atoms in total. The third-order valence-electron chi connectivity index (χ3n) is 3.63. The van der Waals surface area contributed by atoms with E-state index in [1.54, 1.807) is 6.07 Å². The third kappa shape index (κ3) is 4.63. The Bertz CT molecular complexity index is 617. The average molecular weight is 328 g/mol. The van der Waals surface area contributed by atoms with Gasteiger partial charge in [0.05, 0.1) is 13.4 Å². The van der Waals surface area contributed by atoms with Crippen molar-refractivity contribution in [1.82, 2.24) is 20.2 Å². The highest BCUT2D eigenvalue weighted by atomic mass is 32.2. The van der Waals surface area contributed by atoms with Crippen LogP contribution in [0.2, 0.25) is 0 Å². The normalized spacial score (nSPS) is 21.5. The number of amides is 1. The van der Waals surface area contributed by atoms with Crippen molar-refractivity contribution < 1.29 is 17.9 Å². The molecule has 1 aromatic heterocycles. The zero-order valence-corrected chi connectivity index (χ0v) is 13.4. The molecule has 2 atom stereocenters. The van der Waals surface area contributed by atoms with Crippen LogP contribution in [0, 0.1) is 5.92 Å². The van der Waals surface area contributed by atoms with Crippen molar-refractivity contribution in [1.29, 1.82) is 0 Å². The Labute approximate surface area is 129 Å². The van der Waals surface area contributed by atoms with Crippen molar-refractivity contribution in [2.45, 2.75) is 25.3 Å². The van der Waals surface area contributed by atoms with Crippen LogP contribution in [0.3, 0.4) is 0 Å². The highest BCUT2D eigenvalue weighted by Gasteiger charge is 2.29. The monoisotopic (exact) mass is 328 g/mol. The summed E-state index contributed by atoms with van der Waals surface area (Å²) in [7, 11) is -1.77. The van der Waals surface area contributed by atoms with Gasteiger partial charge in [0.1, 0.15) is 0 Å². The molecule has 0 spiro atoms. The second kappa shape index (κ2) is 7.01. The van der Waals surface area contributed by atoms with Crippen molar-refractivity contribution in [2.24, 2.45) is 5.92 Å². The molecule has 1 aliphatic rings. The van der Waals surface area contributed by atoms with Gasteiger partial charge in [-0.05, 0) is 24.8 Å². The molecular formula is C13H20N4O4S. The molecule has 0 saturated heterocycles. The lowest BCUT2D eigenvalue weighted by Crippen LogP contribution is -2.41. The molecule has 2 N–H and O–H groups in total. The Morgan fingerprint density at radius 3 is 2.73 bits per heavy atom. The molecule has 1 aromatic rings. The molecule has 1 heterocycles. The number of methoxy groups -OCH3 is 1. The number of sulfonamides is 1. The lowest BCUT2D eigenvalue weighted by Gasteiger charge is -2.20. The Kier molecular flexibility index (Phi) is 5.30. The molecule has 0 bridgehead atoms. The molecule has 0 aromatic carbocycles. The van der Waals surface area contributed by atoms with Gasteiger partial charge in [0.25, 0.3) is 5.91 Å². The SMILES string of the molecule is COc1ccc(C(=O)NCC2CCCC2NS(C)(=O)=O)nn1. The van der Waals surface area contributed by atoms with Crippen molar-refractivity contribution in [3.8, 4) is 5.88 Å². The van der Waals surface area contributed by atoms with E-state index in [2.05, 4.69) is 20.2 Å². The quantitative estimate of drug-likeness (QED) is 0.756. The fourth-order valence-corrected chi connectivity index (χ4v) is 3.44. The second-order valence-corrected chi connectivity index (χ2v) is 7.14. The van der Waals surface area contributed by atoms with Crippen LogP contribution in [-0.2, 0) is 10.0 Å². The first-order valence-corrected chi connectivity index (χ1v) is 8.91. The number of nitrogens with zero attached hydrogens (tertiary/aromatic N) is 2. The van der Waals surface area contributed by atoms with E-state index in [9.17, 15) is 13.2 Å². The maximum Gasteiger partial charge on any atom is 0.271 e. The largest absolute Gasteiger partial charge is 0.480 e. The average Bonchev–Trinajstić information content (AvgIpc) is 2.90. The molecule has 1 fully saturated rings. The summed E-state index contributed by atoms with van der Waals surface area (Å²) in [6.45, 7) is 0.403. The van der Waals surface area contributed by atoms with Gasteiger partial charge in [-0.25, -0.2) is 13.1 Å². The van der Waals surface area contributed by atoms with Crippen LogP contribution in [0.25, 0.3) is 0 Å². The highest BCUT2D eigenvalue weighted by molar-refractivity contribution is 7.88. The van der Waals surface area contributed by atoms with Crippen LogP contribution in [0.4, 0.5) is 0 Å². The van der Waals surface area contributed by atoms with Crippen LogP contribution >= 0.6 is 0 Å². The molecule has 1 aliphatic carbocycles. The molecule has 9 heteroatoms. The predicted molar refractivity (Wildman–Crippen MR) is 80.0 cm³/mol. The van der Waals surface area contributed by atoms with Crippen molar-refractivity contribution in [2.75, 3.05) is 19.9 Å². The molecule has 2 rings (SSSR count). The number of hydrogen-bond donors (Lipinski definition) is 2. The first kappa shape index (κ1) is 16.6. The van der Waals surface area contributed by atoms with Gasteiger partial charge in [0.2, 0.25) is 15.9 Å². The van der Waals surface area contributed by atoms with E-state index in [4.69, 9.17) is 4.74 Å². The van der Waals surface area contributed by atoms with Gasteiger partial charge in [-0.2, -0.15) is 0 Å². The number of hydrogen-bond acceptors (Lipinski definition) is 6. The number of carbonyl (C=O) groups excluding carboxylic acids is 1. The van der Waals surface area contributed by atoms with Crippen molar-refractivity contribution in [3.63, 3.8) is 0 Å². The van der Waals surface area contributed by atoms with E-state index >= 15 is 0 Å². The van der Waals surface area contributed by atoms with Crippen LogP contribution in [0.1, 0.15) is 29.8 Å². The Hall–Kier alpha value is -1.74. The van der Waals surface area contributed by atoms with E-state index in [0.717, 1.165) is 25.5 Å². The standard InChI is InChI=1S/C13H20N4O4S/c1-21-12-7-6-11(15-16-12)13(18)14-8-9-4-3-5-10(9)17-22(2,19)20/h6-7,9-10,17H,3-5,8H2,1-2H3,(H,14,18). The first-order chi connectivity index (χ1) is 10.4. The maximum absolute atomic E-state index is 12.0. The van der Waals surface area contributed by atoms with Crippen molar-refractivity contribution >= 4 is 15.9 Å². The van der Waals surface area contributed by atoms with E-state index < -0.39 is 10.0 Å². The molecule has 122 valence electrons. The Morgan fingerprint density at radius 1 is 1.36 bits per heavy atom. The summed E-state index contributed by atoms with van der Waals surface area (Å²) in [5.41, 5.74) is 0.200. The van der Waals surface area contributed by atoms with Crippen molar-refractivity contribution in [3.05, 3.63) is 17.8 Å². The number of carbonyl (C=O) groups is 1. The van der Waals surface area contributed by atoms with Crippen LogP contribution in [0.15, 0.2) is 12.1 Å². The van der Waals surface area contributed by atoms with Gasteiger partial charge in [-0.3, -0.25) is 4.79 Å². The third-order valence-corrected chi connectivity index (χ3v) is 4.36. The van der Waals surface area contributed by atoms with Crippen LogP contribution in [0.5, 0.6) is 5.88 Å². The fraction of sp³-hybridized carbons (Fsp3) is 0.615. The molecule has 22 heavy (non-hydrogen) atoms. The smallest absolute Gasteiger partial charge is 0.271 e. The predicted octanol–water partition coefficient (Wildman–Crippen LogP) is -0.0671. The topological polar surface area (TPSA) is 110 Å². The summed E-state index contributed by atoms with van der Waals surface area (Å²) in [5.74, 6) is 0.0924. The minimum absolute atomic E-state index is 0.0879. The van der Waals surface area contributed by atoms with E-state index in [1.165, 1.54) is 13.2 Å². The van der Waals surface area contributed by atoms with Gasteiger partial charge in [0.15, 0.2) is 5.69 Å². The number of nitrogens with one attached hydrogen (secondary N) is 2. The van der Waals surface area contributed by atoms with Crippen LogP contribution in [-0.4, -0.2) is 50.5 Å². The number of aromatic nitrogens is 2. The first-order valence-electron chi connectivity index (χ1n) is 7.02. The summed E-state index contributed by atoms with van der Waals surface area (Å²) in [6, 6.07) is 2.96. The molecule has 1 saturated carbocycles. The molecule has 2 unspecified atom stereocenters. The lowest BCUT2D eigenvalue weighted by atomic mass is 10.0. The van der Waals surface area contributed by atoms with Crippen LogP contribution < -0.4 is 14.8 Å². The fourth-order valence-electron chi connectivity index (χ4n) is 2.58. The van der Waals surface area contributed by atoms with E-state index in [-0.39, 0.29) is 23.6 Å².